The minimum absolute atomic E-state index is 0.143. The molecule has 0 bridgehead atoms. The van der Waals surface area contributed by atoms with E-state index in [4.69, 9.17) is 0 Å². The van der Waals surface area contributed by atoms with Gasteiger partial charge in [-0.05, 0) is 38.8 Å². The van der Waals surface area contributed by atoms with Gasteiger partial charge in [0.2, 0.25) is 0 Å². The zero-order valence-corrected chi connectivity index (χ0v) is 13.8. The maximum absolute atomic E-state index is 12.3. The Morgan fingerprint density at radius 2 is 1.91 bits per heavy atom. The summed E-state index contributed by atoms with van der Waals surface area (Å²) in [7, 11) is 0. The predicted octanol–water partition coefficient (Wildman–Crippen LogP) is 3.87. The first-order valence-electron chi connectivity index (χ1n) is 7.75. The quantitative estimate of drug-likeness (QED) is 0.931. The van der Waals surface area contributed by atoms with Crippen LogP contribution in [0.4, 0.5) is 5.13 Å². The van der Waals surface area contributed by atoms with Crippen molar-refractivity contribution in [1.82, 2.24) is 9.88 Å². The van der Waals surface area contributed by atoms with Gasteiger partial charge in [0.05, 0.1) is 5.69 Å². The van der Waals surface area contributed by atoms with Crippen molar-refractivity contribution in [1.29, 1.82) is 0 Å². The van der Waals surface area contributed by atoms with Gasteiger partial charge in [-0.15, -0.1) is 11.3 Å². The van der Waals surface area contributed by atoms with E-state index in [1.165, 1.54) is 0 Å². The van der Waals surface area contributed by atoms with Gasteiger partial charge in [0.1, 0.15) is 0 Å². The first kappa shape index (κ1) is 15.0. The van der Waals surface area contributed by atoms with Crippen molar-refractivity contribution in [2.75, 3.05) is 18.4 Å². The van der Waals surface area contributed by atoms with Gasteiger partial charge in [0.15, 0.2) is 5.13 Å². The molecule has 1 aromatic carbocycles. The van der Waals surface area contributed by atoms with Crippen LogP contribution in [-0.4, -0.2) is 34.9 Å². The van der Waals surface area contributed by atoms with Crippen LogP contribution in [0.5, 0.6) is 0 Å². The van der Waals surface area contributed by atoms with Crippen LogP contribution in [0, 0.1) is 0 Å². The Kier molecular flexibility index (Phi) is 4.43. The van der Waals surface area contributed by atoms with Crippen LogP contribution in [0.1, 0.15) is 37.0 Å². The van der Waals surface area contributed by atoms with Crippen LogP contribution < -0.4 is 5.32 Å². The number of anilines is 1. The Bertz CT molecular complexity index is 642. The van der Waals surface area contributed by atoms with Crippen molar-refractivity contribution in [2.45, 2.75) is 32.7 Å². The van der Waals surface area contributed by atoms with Gasteiger partial charge in [-0.1, -0.05) is 12.1 Å². The molecule has 4 nitrogen and oxygen atoms in total. The Hall–Kier alpha value is -1.88. The van der Waals surface area contributed by atoms with Crippen LogP contribution in [0.3, 0.4) is 0 Å². The highest BCUT2D eigenvalue weighted by atomic mass is 32.1. The molecule has 0 radical (unpaired) electrons. The molecule has 116 valence electrons. The van der Waals surface area contributed by atoms with Crippen molar-refractivity contribution in [2.24, 2.45) is 0 Å². The summed E-state index contributed by atoms with van der Waals surface area (Å²) in [5.41, 5.74) is 2.76. The minimum atomic E-state index is 0.143. The molecule has 1 aliphatic heterocycles. The van der Waals surface area contributed by atoms with Crippen LogP contribution in [0.25, 0.3) is 11.3 Å². The normalized spacial score (nSPS) is 14.6. The zero-order valence-electron chi connectivity index (χ0n) is 13.0. The van der Waals surface area contributed by atoms with Crippen LogP contribution in [0.2, 0.25) is 0 Å². The fourth-order valence-electron chi connectivity index (χ4n) is 2.61. The fraction of sp³-hybridized carbons (Fsp3) is 0.412. The average molecular weight is 315 g/mol. The Labute approximate surface area is 135 Å². The van der Waals surface area contributed by atoms with E-state index in [2.05, 4.69) is 24.1 Å². The van der Waals surface area contributed by atoms with Gasteiger partial charge in [-0.3, -0.25) is 4.79 Å². The molecule has 3 rings (SSSR count). The molecule has 0 saturated carbocycles. The second-order valence-electron chi connectivity index (χ2n) is 5.91. The van der Waals surface area contributed by atoms with E-state index >= 15 is 0 Å². The molecule has 2 heterocycles. The van der Waals surface area contributed by atoms with Crippen molar-refractivity contribution in [3.05, 3.63) is 35.2 Å². The lowest BCUT2D eigenvalue weighted by Gasteiger charge is -2.15. The number of nitrogens with zero attached hydrogens (tertiary/aromatic N) is 2. The maximum Gasteiger partial charge on any atom is 0.253 e. The lowest BCUT2D eigenvalue weighted by atomic mass is 10.1. The van der Waals surface area contributed by atoms with Crippen LogP contribution in [0.15, 0.2) is 29.6 Å². The second-order valence-corrected chi connectivity index (χ2v) is 6.77. The molecule has 5 heteroatoms. The van der Waals surface area contributed by atoms with Crippen LogP contribution >= 0.6 is 11.3 Å². The largest absolute Gasteiger partial charge is 0.359 e. The first-order valence-corrected chi connectivity index (χ1v) is 8.63. The van der Waals surface area contributed by atoms with E-state index in [1.807, 2.05) is 34.5 Å². The number of hydrogen-bond donors (Lipinski definition) is 1. The van der Waals surface area contributed by atoms with Gasteiger partial charge in [0.25, 0.3) is 5.91 Å². The molecule has 1 aromatic heterocycles. The van der Waals surface area contributed by atoms with Gasteiger partial charge < -0.3 is 10.2 Å². The molecule has 2 aromatic rings. The van der Waals surface area contributed by atoms with Gasteiger partial charge in [-0.25, -0.2) is 4.98 Å². The SMILES string of the molecule is CC(C)Nc1nc(-c2ccc(C(=O)N3CCCC3)cc2)cs1. The first-order chi connectivity index (χ1) is 10.6. The van der Waals surface area contributed by atoms with Crippen molar-refractivity contribution in [3.63, 3.8) is 0 Å². The number of thiazole rings is 1. The molecule has 1 saturated heterocycles. The zero-order chi connectivity index (χ0) is 15.5. The third-order valence-electron chi connectivity index (χ3n) is 3.74. The lowest BCUT2D eigenvalue weighted by molar-refractivity contribution is 0.0793. The summed E-state index contributed by atoms with van der Waals surface area (Å²) in [6.07, 6.45) is 2.24. The van der Waals surface area contributed by atoms with E-state index in [1.54, 1.807) is 11.3 Å². The molecular formula is C17H21N3OS. The van der Waals surface area contributed by atoms with E-state index in [0.717, 1.165) is 47.9 Å². The summed E-state index contributed by atoms with van der Waals surface area (Å²) in [5.74, 6) is 0.143. The summed E-state index contributed by atoms with van der Waals surface area (Å²) >= 11 is 1.61. The number of nitrogens with one attached hydrogen (secondary N) is 1. The summed E-state index contributed by atoms with van der Waals surface area (Å²) < 4.78 is 0. The van der Waals surface area contributed by atoms with E-state index in [9.17, 15) is 4.79 Å². The summed E-state index contributed by atoms with van der Waals surface area (Å²) in [6.45, 7) is 5.97. The van der Waals surface area contributed by atoms with Crippen molar-refractivity contribution in [3.8, 4) is 11.3 Å². The Balaban J connectivity index is 1.73. The maximum atomic E-state index is 12.3. The average Bonchev–Trinajstić information content (AvgIpc) is 3.17. The van der Waals surface area contributed by atoms with Crippen molar-refractivity contribution < 1.29 is 4.79 Å². The molecule has 0 unspecified atom stereocenters. The fourth-order valence-corrected chi connectivity index (χ4v) is 3.47. The summed E-state index contributed by atoms with van der Waals surface area (Å²) in [5, 5.41) is 6.28. The smallest absolute Gasteiger partial charge is 0.253 e. The van der Waals surface area contributed by atoms with E-state index < -0.39 is 0 Å². The number of amides is 1. The number of aromatic nitrogens is 1. The molecule has 1 N–H and O–H groups in total. The minimum Gasteiger partial charge on any atom is -0.359 e. The molecule has 22 heavy (non-hydrogen) atoms. The number of benzene rings is 1. The molecule has 1 amide bonds. The standard InChI is InChI=1S/C17H21N3OS/c1-12(2)18-17-19-15(11-22-17)13-5-7-14(8-6-13)16(21)20-9-3-4-10-20/h5-8,11-12H,3-4,9-10H2,1-2H3,(H,18,19). The van der Waals surface area contributed by atoms with E-state index in [0.29, 0.717) is 6.04 Å². The molecule has 0 atom stereocenters. The summed E-state index contributed by atoms with van der Waals surface area (Å²) in [4.78, 5) is 18.8. The van der Waals surface area contributed by atoms with E-state index in [-0.39, 0.29) is 5.91 Å². The topological polar surface area (TPSA) is 45.2 Å². The number of likely N-dealkylation sites (tertiary alicyclic amines) is 1. The third kappa shape index (κ3) is 3.30. The highest BCUT2D eigenvalue weighted by molar-refractivity contribution is 7.14. The van der Waals surface area contributed by atoms with Crippen molar-refractivity contribution >= 4 is 22.4 Å². The second kappa shape index (κ2) is 6.48. The summed E-state index contributed by atoms with van der Waals surface area (Å²) in [6, 6.07) is 8.16. The third-order valence-corrected chi connectivity index (χ3v) is 4.51. The molecule has 1 fully saturated rings. The predicted molar refractivity (Wildman–Crippen MR) is 91.4 cm³/mol. The highest BCUT2D eigenvalue weighted by Gasteiger charge is 2.19. The molecule has 0 spiro atoms. The Morgan fingerprint density at radius 3 is 2.55 bits per heavy atom. The number of carbonyl (C=O) groups is 1. The number of hydrogen-bond acceptors (Lipinski definition) is 4. The molecule has 1 aliphatic rings. The van der Waals surface area contributed by atoms with Gasteiger partial charge in [0, 0.05) is 35.6 Å². The lowest BCUT2D eigenvalue weighted by Crippen LogP contribution is -2.27. The van der Waals surface area contributed by atoms with Gasteiger partial charge in [-0.2, -0.15) is 0 Å². The highest BCUT2D eigenvalue weighted by Crippen LogP contribution is 2.26. The number of carbonyl (C=O) groups excluding carboxylic acids is 1. The Morgan fingerprint density at radius 1 is 1.23 bits per heavy atom. The van der Waals surface area contributed by atoms with Crippen LogP contribution in [-0.2, 0) is 0 Å². The van der Waals surface area contributed by atoms with Gasteiger partial charge >= 0.3 is 0 Å². The molecular weight excluding hydrogens is 294 g/mol. The number of rotatable bonds is 4. The molecule has 0 aliphatic carbocycles. The monoisotopic (exact) mass is 315 g/mol.